The van der Waals surface area contributed by atoms with Gasteiger partial charge < -0.3 is 10.4 Å². The minimum absolute atomic E-state index is 0.237. The molecule has 0 aliphatic rings. The summed E-state index contributed by atoms with van der Waals surface area (Å²) in [7, 11) is 0. The van der Waals surface area contributed by atoms with Crippen molar-refractivity contribution in [1.29, 1.82) is 0 Å². The van der Waals surface area contributed by atoms with Crippen LogP contribution in [-0.2, 0) is 0 Å². The molecule has 0 spiro atoms. The lowest BCUT2D eigenvalue weighted by Gasteiger charge is -2.18. The van der Waals surface area contributed by atoms with E-state index in [0.717, 1.165) is 23.8 Å². The topological polar surface area (TPSA) is 45.1 Å². The predicted molar refractivity (Wildman–Crippen MR) is 72.0 cm³/mol. The number of nitrogens with one attached hydrogen (secondary N) is 1. The van der Waals surface area contributed by atoms with Crippen LogP contribution in [0.2, 0.25) is 0 Å². The summed E-state index contributed by atoms with van der Waals surface area (Å²) < 4.78 is 26.7. The van der Waals surface area contributed by atoms with Crippen molar-refractivity contribution in [2.45, 2.75) is 19.1 Å². The molecule has 0 radical (unpaired) electrons. The number of halogens is 2. The summed E-state index contributed by atoms with van der Waals surface area (Å²) in [5.74, 6) is -0.950. The zero-order valence-electron chi connectivity index (χ0n) is 11.1. The maximum atomic E-state index is 13.6. The Kier molecular flexibility index (Phi) is 4.76. The molecule has 2 rings (SSSR count). The van der Waals surface area contributed by atoms with Crippen LogP contribution in [-0.4, -0.2) is 16.6 Å². The van der Waals surface area contributed by atoms with Crippen LogP contribution in [0, 0.1) is 11.6 Å². The Hall–Kier alpha value is -1.85. The van der Waals surface area contributed by atoms with Crippen molar-refractivity contribution < 1.29 is 13.9 Å². The third kappa shape index (κ3) is 3.59. The lowest BCUT2D eigenvalue weighted by molar-refractivity contribution is 0.170. The first-order valence-electron chi connectivity index (χ1n) is 6.34. The lowest BCUT2D eigenvalue weighted by Crippen LogP contribution is -2.25. The van der Waals surface area contributed by atoms with E-state index in [2.05, 4.69) is 10.3 Å². The molecule has 3 nitrogen and oxygen atoms in total. The standard InChI is InChI=1S/C15H16F2N2O/c1-10(13-8-12(16)2-3-14(13)17)19-9-15(20)11-4-6-18-7-5-11/h2-8,10,15,19-20H,9H2,1H3. The van der Waals surface area contributed by atoms with E-state index in [4.69, 9.17) is 0 Å². The molecule has 2 unspecified atom stereocenters. The minimum atomic E-state index is -0.725. The maximum Gasteiger partial charge on any atom is 0.128 e. The van der Waals surface area contributed by atoms with E-state index in [1.165, 1.54) is 0 Å². The van der Waals surface area contributed by atoms with Gasteiger partial charge in [-0.25, -0.2) is 8.78 Å². The van der Waals surface area contributed by atoms with Gasteiger partial charge in [-0.15, -0.1) is 0 Å². The van der Waals surface area contributed by atoms with Gasteiger partial charge in [0.05, 0.1) is 6.10 Å². The molecule has 20 heavy (non-hydrogen) atoms. The third-order valence-corrected chi connectivity index (χ3v) is 3.13. The Morgan fingerprint density at radius 3 is 2.60 bits per heavy atom. The summed E-state index contributed by atoms with van der Waals surface area (Å²) in [6.07, 6.45) is 2.46. The number of aromatic nitrogens is 1. The molecule has 0 aliphatic heterocycles. The molecule has 0 aliphatic carbocycles. The van der Waals surface area contributed by atoms with E-state index >= 15 is 0 Å². The molecular formula is C15H16F2N2O. The number of hydrogen-bond acceptors (Lipinski definition) is 3. The summed E-state index contributed by atoms with van der Waals surface area (Å²) in [4.78, 5) is 3.87. The number of pyridine rings is 1. The number of aliphatic hydroxyl groups is 1. The van der Waals surface area contributed by atoms with Gasteiger partial charge in [0, 0.05) is 30.5 Å². The van der Waals surface area contributed by atoms with Crippen LogP contribution in [0.3, 0.4) is 0 Å². The predicted octanol–water partition coefficient (Wildman–Crippen LogP) is 2.74. The number of rotatable bonds is 5. The van der Waals surface area contributed by atoms with E-state index in [0.29, 0.717) is 0 Å². The Balaban J connectivity index is 1.98. The molecule has 0 amide bonds. The van der Waals surface area contributed by atoms with Crippen LogP contribution in [0.1, 0.15) is 30.2 Å². The quantitative estimate of drug-likeness (QED) is 0.884. The highest BCUT2D eigenvalue weighted by atomic mass is 19.1. The fourth-order valence-corrected chi connectivity index (χ4v) is 1.95. The first-order chi connectivity index (χ1) is 9.58. The minimum Gasteiger partial charge on any atom is -0.387 e. The first-order valence-corrected chi connectivity index (χ1v) is 6.34. The lowest BCUT2D eigenvalue weighted by atomic mass is 10.1. The zero-order chi connectivity index (χ0) is 14.5. The summed E-state index contributed by atoms with van der Waals surface area (Å²) in [5, 5.41) is 13.0. The van der Waals surface area contributed by atoms with Crippen molar-refractivity contribution in [1.82, 2.24) is 10.3 Å². The first kappa shape index (κ1) is 14.6. The molecule has 1 aromatic heterocycles. The van der Waals surface area contributed by atoms with E-state index in [1.54, 1.807) is 31.5 Å². The Labute approximate surface area is 116 Å². The molecule has 106 valence electrons. The smallest absolute Gasteiger partial charge is 0.128 e. The zero-order valence-corrected chi connectivity index (χ0v) is 11.1. The molecule has 5 heteroatoms. The second-order valence-electron chi connectivity index (χ2n) is 4.59. The second kappa shape index (κ2) is 6.54. The summed E-state index contributed by atoms with van der Waals surface area (Å²) in [6.45, 7) is 1.96. The summed E-state index contributed by atoms with van der Waals surface area (Å²) in [5.41, 5.74) is 0.964. The van der Waals surface area contributed by atoms with Gasteiger partial charge in [-0.05, 0) is 42.8 Å². The van der Waals surface area contributed by atoms with Gasteiger partial charge in [0.25, 0.3) is 0 Å². The fourth-order valence-electron chi connectivity index (χ4n) is 1.95. The SMILES string of the molecule is CC(NCC(O)c1ccncc1)c1cc(F)ccc1F. The van der Waals surface area contributed by atoms with Crippen molar-refractivity contribution in [2.75, 3.05) is 6.54 Å². The molecule has 2 N–H and O–H groups in total. The van der Waals surface area contributed by atoms with Crippen LogP contribution in [0.15, 0.2) is 42.7 Å². The van der Waals surface area contributed by atoms with Crippen molar-refractivity contribution >= 4 is 0 Å². The molecule has 0 saturated heterocycles. The highest BCUT2D eigenvalue weighted by Crippen LogP contribution is 2.19. The summed E-state index contributed by atoms with van der Waals surface area (Å²) >= 11 is 0. The molecule has 2 aromatic rings. The van der Waals surface area contributed by atoms with Gasteiger partial charge in [0.1, 0.15) is 11.6 Å². The average Bonchev–Trinajstić information content (AvgIpc) is 2.47. The van der Waals surface area contributed by atoms with Crippen LogP contribution < -0.4 is 5.32 Å². The summed E-state index contributed by atoms with van der Waals surface area (Å²) in [6, 6.07) is 6.35. The fraction of sp³-hybridized carbons (Fsp3) is 0.267. The van der Waals surface area contributed by atoms with E-state index < -0.39 is 23.8 Å². The second-order valence-corrected chi connectivity index (χ2v) is 4.59. The maximum absolute atomic E-state index is 13.6. The highest BCUT2D eigenvalue weighted by molar-refractivity contribution is 5.22. The molecular weight excluding hydrogens is 262 g/mol. The van der Waals surface area contributed by atoms with Gasteiger partial charge in [-0.3, -0.25) is 4.98 Å². The average molecular weight is 278 g/mol. The van der Waals surface area contributed by atoms with Gasteiger partial charge in [-0.2, -0.15) is 0 Å². The molecule has 2 atom stereocenters. The van der Waals surface area contributed by atoms with Crippen LogP contribution >= 0.6 is 0 Å². The van der Waals surface area contributed by atoms with E-state index in [9.17, 15) is 13.9 Å². The molecule has 0 saturated carbocycles. The number of hydrogen-bond donors (Lipinski definition) is 2. The van der Waals surface area contributed by atoms with Gasteiger partial charge >= 0.3 is 0 Å². The Bertz CT molecular complexity index is 563. The normalized spacial score (nSPS) is 14.0. The third-order valence-electron chi connectivity index (χ3n) is 3.13. The Morgan fingerprint density at radius 1 is 1.20 bits per heavy atom. The van der Waals surface area contributed by atoms with E-state index in [1.807, 2.05) is 0 Å². The molecule has 1 aromatic carbocycles. The van der Waals surface area contributed by atoms with Crippen molar-refractivity contribution in [2.24, 2.45) is 0 Å². The molecule has 1 heterocycles. The van der Waals surface area contributed by atoms with E-state index in [-0.39, 0.29) is 12.1 Å². The van der Waals surface area contributed by atoms with Crippen LogP contribution in [0.5, 0.6) is 0 Å². The highest BCUT2D eigenvalue weighted by Gasteiger charge is 2.14. The van der Waals surface area contributed by atoms with Gasteiger partial charge in [0.2, 0.25) is 0 Å². The van der Waals surface area contributed by atoms with Crippen LogP contribution in [0.4, 0.5) is 8.78 Å². The van der Waals surface area contributed by atoms with Gasteiger partial charge in [0.15, 0.2) is 0 Å². The van der Waals surface area contributed by atoms with Crippen molar-refractivity contribution in [3.8, 4) is 0 Å². The number of benzene rings is 1. The molecule has 0 bridgehead atoms. The van der Waals surface area contributed by atoms with Gasteiger partial charge in [-0.1, -0.05) is 0 Å². The largest absolute Gasteiger partial charge is 0.387 e. The monoisotopic (exact) mass is 278 g/mol. The van der Waals surface area contributed by atoms with Crippen molar-refractivity contribution in [3.05, 3.63) is 65.5 Å². The Morgan fingerprint density at radius 2 is 1.90 bits per heavy atom. The number of nitrogens with zero attached hydrogens (tertiary/aromatic N) is 1. The van der Waals surface area contributed by atoms with Crippen LogP contribution in [0.25, 0.3) is 0 Å². The van der Waals surface area contributed by atoms with Crippen molar-refractivity contribution in [3.63, 3.8) is 0 Å². The number of aliphatic hydroxyl groups excluding tert-OH is 1. The molecule has 0 fully saturated rings.